The quantitative estimate of drug-likeness (QED) is 0.414. The Labute approximate surface area is 160 Å². The van der Waals surface area contributed by atoms with Crippen LogP contribution in [0, 0.1) is 10.1 Å². The zero-order valence-corrected chi connectivity index (χ0v) is 16.7. The Kier molecular flexibility index (Phi) is 6.98. The van der Waals surface area contributed by atoms with E-state index in [9.17, 15) is 14.9 Å². The van der Waals surface area contributed by atoms with E-state index in [-0.39, 0.29) is 11.3 Å². The molecule has 1 amide bonds. The standard InChI is InChI=1S/C17H21N3O4S2/c1-10(2)17-19-11(9-26-17)5-6-18-16(21)12-7-15(25-4)14(24-3)8-13(12)20(22)23/h7-10H,5-6H2,1-4H3,(H,18,21). The van der Waals surface area contributed by atoms with E-state index in [0.29, 0.717) is 29.5 Å². The second kappa shape index (κ2) is 9.00. The summed E-state index contributed by atoms with van der Waals surface area (Å²) in [6.45, 7) is 4.52. The van der Waals surface area contributed by atoms with Gasteiger partial charge in [0.05, 0.1) is 33.7 Å². The maximum atomic E-state index is 12.5. The summed E-state index contributed by atoms with van der Waals surface area (Å²) in [4.78, 5) is 28.4. The van der Waals surface area contributed by atoms with Crippen molar-refractivity contribution in [1.82, 2.24) is 10.3 Å². The van der Waals surface area contributed by atoms with Crippen LogP contribution < -0.4 is 10.1 Å². The molecule has 0 bridgehead atoms. The van der Waals surface area contributed by atoms with Crippen LogP contribution in [0.3, 0.4) is 0 Å². The van der Waals surface area contributed by atoms with E-state index in [2.05, 4.69) is 24.1 Å². The predicted molar refractivity (Wildman–Crippen MR) is 104 cm³/mol. The number of nitrogens with one attached hydrogen (secondary N) is 1. The smallest absolute Gasteiger partial charge is 0.285 e. The van der Waals surface area contributed by atoms with Gasteiger partial charge < -0.3 is 10.1 Å². The number of carbonyl (C=O) groups excluding carboxylic acids is 1. The number of hydrogen-bond donors (Lipinski definition) is 1. The number of nitro groups is 1. The van der Waals surface area contributed by atoms with Crippen molar-refractivity contribution in [2.45, 2.75) is 31.1 Å². The molecule has 2 rings (SSSR count). The number of rotatable bonds is 8. The SMILES string of the molecule is COc1cc([N+](=O)[O-])c(C(=O)NCCc2csc(C(C)C)n2)cc1SC. The Morgan fingerprint density at radius 3 is 2.73 bits per heavy atom. The van der Waals surface area contributed by atoms with Gasteiger partial charge in [0.25, 0.3) is 11.6 Å². The third-order valence-electron chi connectivity index (χ3n) is 3.67. The van der Waals surface area contributed by atoms with Gasteiger partial charge in [-0.05, 0) is 12.3 Å². The monoisotopic (exact) mass is 395 g/mol. The molecule has 1 N–H and O–H groups in total. The third kappa shape index (κ3) is 4.73. The topological polar surface area (TPSA) is 94.4 Å². The van der Waals surface area contributed by atoms with Crippen molar-refractivity contribution in [3.8, 4) is 5.75 Å². The fourth-order valence-corrected chi connectivity index (χ4v) is 3.75. The number of ether oxygens (including phenoxy) is 1. The highest BCUT2D eigenvalue weighted by Gasteiger charge is 2.23. The second-order valence-corrected chi connectivity index (χ2v) is 7.56. The predicted octanol–water partition coefficient (Wildman–Crippen LogP) is 3.88. The number of nitro benzene ring substituents is 1. The first-order valence-corrected chi connectivity index (χ1v) is 10.1. The van der Waals surface area contributed by atoms with Crippen LogP contribution in [0.15, 0.2) is 22.4 Å². The molecule has 0 radical (unpaired) electrons. The molecule has 1 aromatic heterocycles. The third-order valence-corrected chi connectivity index (χ3v) is 5.63. The lowest BCUT2D eigenvalue weighted by atomic mass is 10.1. The average molecular weight is 396 g/mol. The van der Waals surface area contributed by atoms with Crippen molar-refractivity contribution in [3.05, 3.63) is 43.9 Å². The molecule has 0 saturated heterocycles. The Bertz CT molecular complexity index is 805. The molecule has 140 valence electrons. The fourth-order valence-electron chi connectivity index (χ4n) is 2.30. The number of nitrogens with zero attached hydrogens (tertiary/aromatic N) is 2. The van der Waals surface area contributed by atoms with Crippen LogP contribution in [0.2, 0.25) is 0 Å². The van der Waals surface area contributed by atoms with Gasteiger partial charge in [0.2, 0.25) is 0 Å². The Morgan fingerprint density at radius 2 is 2.19 bits per heavy atom. The van der Waals surface area contributed by atoms with E-state index in [1.54, 1.807) is 11.3 Å². The zero-order chi connectivity index (χ0) is 19.3. The van der Waals surface area contributed by atoms with Gasteiger partial charge in [-0.15, -0.1) is 23.1 Å². The molecule has 26 heavy (non-hydrogen) atoms. The average Bonchev–Trinajstić information content (AvgIpc) is 3.09. The summed E-state index contributed by atoms with van der Waals surface area (Å²) in [6.07, 6.45) is 2.40. The lowest BCUT2D eigenvalue weighted by Gasteiger charge is -2.10. The van der Waals surface area contributed by atoms with Crippen molar-refractivity contribution in [3.63, 3.8) is 0 Å². The fraction of sp³-hybridized carbons (Fsp3) is 0.412. The number of thiazole rings is 1. The van der Waals surface area contributed by atoms with Gasteiger partial charge in [-0.2, -0.15) is 0 Å². The minimum absolute atomic E-state index is 0.0290. The summed E-state index contributed by atoms with van der Waals surface area (Å²) in [5.41, 5.74) is 0.669. The van der Waals surface area contributed by atoms with Crippen LogP contribution in [0.5, 0.6) is 5.75 Å². The minimum Gasteiger partial charge on any atom is -0.495 e. The highest BCUT2D eigenvalue weighted by atomic mass is 32.2. The number of amides is 1. The van der Waals surface area contributed by atoms with Crippen LogP contribution in [-0.2, 0) is 6.42 Å². The first kappa shape index (κ1) is 20.2. The molecule has 0 saturated carbocycles. The molecule has 0 atom stereocenters. The van der Waals surface area contributed by atoms with Gasteiger partial charge in [0.15, 0.2) is 0 Å². The maximum Gasteiger partial charge on any atom is 0.285 e. The summed E-state index contributed by atoms with van der Waals surface area (Å²) in [6, 6.07) is 2.78. The number of hydrogen-bond acceptors (Lipinski definition) is 7. The zero-order valence-electron chi connectivity index (χ0n) is 15.1. The van der Waals surface area contributed by atoms with E-state index in [0.717, 1.165) is 10.7 Å². The first-order valence-electron chi connectivity index (χ1n) is 8.00. The first-order chi connectivity index (χ1) is 12.4. The van der Waals surface area contributed by atoms with E-state index >= 15 is 0 Å². The normalized spacial score (nSPS) is 10.8. The number of aromatic nitrogens is 1. The van der Waals surface area contributed by atoms with E-state index < -0.39 is 10.8 Å². The summed E-state index contributed by atoms with van der Waals surface area (Å²) in [5, 5.41) is 17.1. The van der Waals surface area contributed by atoms with Crippen molar-refractivity contribution >= 4 is 34.7 Å². The van der Waals surface area contributed by atoms with Crippen LogP contribution in [0.25, 0.3) is 0 Å². The Hall–Kier alpha value is -2.13. The number of methoxy groups -OCH3 is 1. The molecular formula is C17H21N3O4S2. The van der Waals surface area contributed by atoms with Gasteiger partial charge in [-0.25, -0.2) is 4.98 Å². The highest BCUT2D eigenvalue weighted by Crippen LogP contribution is 2.34. The largest absolute Gasteiger partial charge is 0.495 e. The van der Waals surface area contributed by atoms with E-state index in [1.807, 2.05) is 11.6 Å². The van der Waals surface area contributed by atoms with Crippen molar-refractivity contribution in [2.24, 2.45) is 0 Å². The van der Waals surface area contributed by atoms with Crippen LogP contribution in [-0.4, -0.2) is 35.7 Å². The van der Waals surface area contributed by atoms with Gasteiger partial charge in [-0.3, -0.25) is 14.9 Å². The van der Waals surface area contributed by atoms with Gasteiger partial charge >= 0.3 is 0 Å². The second-order valence-electron chi connectivity index (χ2n) is 5.82. The summed E-state index contributed by atoms with van der Waals surface area (Å²) in [7, 11) is 1.44. The van der Waals surface area contributed by atoms with E-state index in [1.165, 1.54) is 31.0 Å². The molecule has 0 aliphatic heterocycles. The lowest BCUT2D eigenvalue weighted by Crippen LogP contribution is -2.26. The van der Waals surface area contributed by atoms with E-state index in [4.69, 9.17) is 4.74 Å². The lowest BCUT2D eigenvalue weighted by molar-refractivity contribution is -0.385. The molecule has 0 aliphatic rings. The molecule has 0 aliphatic carbocycles. The molecular weight excluding hydrogens is 374 g/mol. The van der Waals surface area contributed by atoms with Crippen molar-refractivity contribution in [2.75, 3.05) is 19.9 Å². The molecule has 1 aromatic carbocycles. The summed E-state index contributed by atoms with van der Waals surface area (Å²) >= 11 is 2.96. The molecule has 0 spiro atoms. The number of benzene rings is 1. The van der Waals surface area contributed by atoms with Crippen LogP contribution in [0.4, 0.5) is 5.69 Å². The maximum absolute atomic E-state index is 12.5. The highest BCUT2D eigenvalue weighted by molar-refractivity contribution is 7.98. The molecule has 9 heteroatoms. The molecule has 0 fully saturated rings. The van der Waals surface area contributed by atoms with Crippen molar-refractivity contribution in [1.29, 1.82) is 0 Å². The summed E-state index contributed by atoms with van der Waals surface area (Å²) < 4.78 is 5.16. The van der Waals surface area contributed by atoms with Gasteiger partial charge in [0, 0.05) is 24.3 Å². The minimum atomic E-state index is -0.573. The molecule has 7 nitrogen and oxygen atoms in total. The van der Waals surface area contributed by atoms with Gasteiger partial charge in [0.1, 0.15) is 11.3 Å². The molecule has 0 unspecified atom stereocenters. The van der Waals surface area contributed by atoms with Gasteiger partial charge in [-0.1, -0.05) is 13.8 Å². The number of thioether (sulfide) groups is 1. The molecule has 2 aromatic rings. The van der Waals surface area contributed by atoms with Crippen LogP contribution >= 0.6 is 23.1 Å². The number of carbonyl (C=O) groups is 1. The Morgan fingerprint density at radius 1 is 1.46 bits per heavy atom. The van der Waals surface area contributed by atoms with Crippen molar-refractivity contribution < 1.29 is 14.5 Å². The Balaban J connectivity index is 2.11. The molecule has 1 heterocycles. The van der Waals surface area contributed by atoms with Crippen LogP contribution in [0.1, 0.15) is 40.8 Å². The summed E-state index contributed by atoms with van der Waals surface area (Å²) in [5.74, 6) is 0.272.